The molecule has 140 valence electrons. The first-order valence-electron chi connectivity index (χ1n) is 9.01. The van der Waals surface area contributed by atoms with Crippen molar-refractivity contribution in [1.29, 1.82) is 0 Å². The molecule has 2 aliphatic rings. The largest absolute Gasteiger partial charge is 0.336 e. The molecule has 2 saturated heterocycles. The molecule has 2 aliphatic heterocycles. The van der Waals surface area contributed by atoms with Crippen LogP contribution in [0, 0.1) is 11.8 Å². The van der Waals surface area contributed by atoms with E-state index < -0.39 is 0 Å². The van der Waals surface area contributed by atoms with Gasteiger partial charge in [0.05, 0.1) is 16.1 Å². The second kappa shape index (κ2) is 9.45. The van der Waals surface area contributed by atoms with Crippen molar-refractivity contribution in [3.8, 4) is 0 Å². The molecule has 0 saturated carbocycles. The Morgan fingerprint density at radius 2 is 1.96 bits per heavy atom. The zero-order chi connectivity index (χ0) is 17.1. The third-order valence-corrected chi connectivity index (χ3v) is 6.33. The molecule has 2 fully saturated rings. The van der Waals surface area contributed by atoms with Gasteiger partial charge >= 0.3 is 0 Å². The van der Waals surface area contributed by atoms with Gasteiger partial charge in [-0.05, 0) is 68.3 Å². The fourth-order valence-electron chi connectivity index (χ4n) is 4.10. The molecule has 1 aromatic carbocycles. The van der Waals surface area contributed by atoms with E-state index in [1.807, 2.05) is 18.2 Å². The molecular formula is C19H27Cl3N2O. The molecule has 1 amide bonds. The van der Waals surface area contributed by atoms with E-state index in [9.17, 15) is 4.79 Å². The van der Waals surface area contributed by atoms with Crippen LogP contribution in [-0.4, -0.2) is 30.4 Å². The minimum absolute atomic E-state index is 0. The van der Waals surface area contributed by atoms with Crippen molar-refractivity contribution in [3.63, 3.8) is 0 Å². The highest BCUT2D eigenvalue weighted by Crippen LogP contribution is 2.36. The van der Waals surface area contributed by atoms with Crippen LogP contribution in [0.1, 0.15) is 50.6 Å². The van der Waals surface area contributed by atoms with E-state index >= 15 is 0 Å². The summed E-state index contributed by atoms with van der Waals surface area (Å²) < 4.78 is 0. The van der Waals surface area contributed by atoms with Crippen LogP contribution in [0.25, 0.3) is 0 Å². The summed E-state index contributed by atoms with van der Waals surface area (Å²) in [5.41, 5.74) is 1.10. The SMILES string of the molecule is CC(CC(=O)N1CCCC1c1ccc(Cl)c(Cl)c1)C1CCNCC1.Cl. The second-order valence-electron chi connectivity index (χ2n) is 7.19. The Labute approximate surface area is 166 Å². The number of piperidine rings is 1. The van der Waals surface area contributed by atoms with Crippen molar-refractivity contribution in [2.24, 2.45) is 11.8 Å². The number of rotatable bonds is 4. The minimum atomic E-state index is 0. The molecule has 2 unspecified atom stereocenters. The topological polar surface area (TPSA) is 32.3 Å². The van der Waals surface area contributed by atoms with Gasteiger partial charge in [0.15, 0.2) is 0 Å². The van der Waals surface area contributed by atoms with E-state index in [-0.39, 0.29) is 24.4 Å². The molecule has 3 rings (SSSR count). The number of nitrogens with zero attached hydrogens (tertiary/aromatic N) is 1. The van der Waals surface area contributed by atoms with Gasteiger partial charge in [-0.3, -0.25) is 4.79 Å². The smallest absolute Gasteiger partial charge is 0.223 e. The van der Waals surface area contributed by atoms with Crippen molar-refractivity contribution in [3.05, 3.63) is 33.8 Å². The van der Waals surface area contributed by atoms with Gasteiger partial charge in [0, 0.05) is 13.0 Å². The molecule has 1 aromatic rings. The summed E-state index contributed by atoms with van der Waals surface area (Å²) in [5.74, 6) is 1.41. The zero-order valence-electron chi connectivity index (χ0n) is 14.6. The number of carbonyl (C=O) groups excluding carboxylic acids is 1. The lowest BCUT2D eigenvalue weighted by Crippen LogP contribution is -2.35. The van der Waals surface area contributed by atoms with Gasteiger partial charge in [-0.15, -0.1) is 12.4 Å². The quantitative estimate of drug-likeness (QED) is 0.755. The number of likely N-dealkylation sites (tertiary alicyclic amines) is 1. The van der Waals surface area contributed by atoms with E-state index in [2.05, 4.69) is 17.1 Å². The Kier molecular flexibility index (Phi) is 7.88. The summed E-state index contributed by atoms with van der Waals surface area (Å²) in [6.45, 7) is 5.25. The summed E-state index contributed by atoms with van der Waals surface area (Å²) in [6.07, 6.45) is 5.08. The van der Waals surface area contributed by atoms with Crippen LogP contribution in [0.4, 0.5) is 0 Å². The van der Waals surface area contributed by atoms with E-state index in [1.165, 1.54) is 12.8 Å². The number of hydrogen-bond acceptors (Lipinski definition) is 2. The molecule has 1 N–H and O–H groups in total. The van der Waals surface area contributed by atoms with Crippen molar-refractivity contribution >= 4 is 41.5 Å². The van der Waals surface area contributed by atoms with Crippen LogP contribution in [0.2, 0.25) is 10.0 Å². The molecule has 2 atom stereocenters. The van der Waals surface area contributed by atoms with Crippen LogP contribution >= 0.6 is 35.6 Å². The predicted octanol–water partition coefficient (Wildman–Crippen LogP) is 5.10. The Morgan fingerprint density at radius 1 is 1.24 bits per heavy atom. The van der Waals surface area contributed by atoms with Gasteiger partial charge in [0.2, 0.25) is 5.91 Å². The number of benzene rings is 1. The van der Waals surface area contributed by atoms with Gasteiger partial charge < -0.3 is 10.2 Å². The lowest BCUT2D eigenvalue weighted by molar-refractivity contribution is -0.133. The van der Waals surface area contributed by atoms with Gasteiger partial charge in [-0.1, -0.05) is 36.2 Å². The normalized spacial score (nSPS) is 22.5. The van der Waals surface area contributed by atoms with Gasteiger partial charge in [-0.2, -0.15) is 0 Å². The first-order valence-corrected chi connectivity index (χ1v) is 9.77. The predicted molar refractivity (Wildman–Crippen MR) is 107 cm³/mol. The third kappa shape index (κ3) is 5.03. The number of hydrogen-bond donors (Lipinski definition) is 1. The standard InChI is InChI=1S/C19H26Cl2N2O.ClH/c1-13(14-6-8-22-9-7-14)11-19(24)23-10-2-3-18(23)15-4-5-16(20)17(21)12-15;/h4-5,12-14,18,22H,2-3,6-11H2,1H3;1H. The Balaban J connectivity index is 0.00000225. The molecular weight excluding hydrogens is 379 g/mol. The third-order valence-electron chi connectivity index (χ3n) is 5.59. The molecule has 0 spiro atoms. The summed E-state index contributed by atoms with van der Waals surface area (Å²) in [5, 5.41) is 4.53. The fourth-order valence-corrected chi connectivity index (χ4v) is 4.41. The Bertz CT molecular complexity index is 590. The van der Waals surface area contributed by atoms with Crippen LogP contribution in [-0.2, 0) is 4.79 Å². The highest BCUT2D eigenvalue weighted by Gasteiger charge is 2.32. The number of amides is 1. The summed E-state index contributed by atoms with van der Waals surface area (Å²) >= 11 is 12.2. The van der Waals surface area contributed by atoms with Crippen molar-refractivity contribution in [2.45, 2.75) is 45.1 Å². The van der Waals surface area contributed by atoms with Crippen LogP contribution in [0.3, 0.4) is 0 Å². The van der Waals surface area contributed by atoms with Crippen LogP contribution < -0.4 is 5.32 Å². The number of halogens is 3. The van der Waals surface area contributed by atoms with Crippen molar-refractivity contribution < 1.29 is 4.79 Å². The lowest BCUT2D eigenvalue weighted by Gasteiger charge is -2.31. The fraction of sp³-hybridized carbons (Fsp3) is 0.632. The average molecular weight is 406 g/mol. The van der Waals surface area contributed by atoms with E-state index in [0.29, 0.717) is 28.3 Å². The monoisotopic (exact) mass is 404 g/mol. The highest BCUT2D eigenvalue weighted by atomic mass is 35.5. The average Bonchev–Trinajstić information content (AvgIpc) is 3.08. The molecule has 2 heterocycles. The minimum Gasteiger partial charge on any atom is -0.336 e. The maximum Gasteiger partial charge on any atom is 0.223 e. The number of nitrogens with one attached hydrogen (secondary N) is 1. The molecule has 6 heteroatoms. The summed E-state index contributed by atoms with van der Waals surface area (Å²) in [7, 11) is 0. The molecule has 0 aliphatic carbocycles. The Hall–Kier alpha value is -0.480. The van der Waals surface area contributed by atoms with E-state index in [1.54, 1.807) is 0 Å². The first-order chi connectivity index (χ1) is 11.6. The first kappa shape index (κ1) is 20.8. The summed E-state index contributed by atoms with van der Waals surface area (Å²) in [6, 6.07) is 5.89. The van der Waals surface area contributed by atoms with Gasteiger partial charge in [0.25, 0.3) is 0 Å². The van der Waals surface area contributed by atoms with E-state index in [0.717, 1.165) is 38.0 Å². The maximum atomic E-state index is 12.9. The number of carbonyl (C=O) groups is 1. The highest BCUT2D eigenvalue weighted by molar-refractivity contribution is 6.42. The van der Waals surface area contributed by atoms with E-state index in [4.69, 9.17) is 23.2 Å². The maximum absolute atomic E-state index is 12.9. The molecule has 25 heavy (non-hydrogen) atoms. The lowest BCUT2D eigenvalue weighted by atomic mass is 9.84. The van der Waals surface area contributed by atoms with Crippen LogP contribution in [0.5, 0.6) is 0 Å². The molecule has 3 nitrogen and oxygen atoms in total. The Morgan fingerprint density at radius 3 is 2.64 bits per heavy atom. The van der Waals surface area contributed by atoms with Crippen molar-refractivity contribution in [2.75, 3.05) is 19.6 Å². The van der Waals surface area contributed by atoms with Crippen LogP contribution in [0.15, 0.2) is 18.2 Å². The second-order valence-corrected chi connectivity index (χ2v) is 8.00. The summed E-state index contributed by atoms with van der Waals surface area (Å²) in [4.78, 5) is 14.9. The molecule has 0 aromatic heterocycles. The van der Waals surface area contributed by atoms with Gasteiger partial charge in [0.1, 0.15) is 0 Å². The molecule has 0 bridgehead atoms. The van der Waals surface area contributed by atoms with Crippen molar-refractivity contribution in [1.82, 2.24) is 10.2 Å². The van der Waals surface area contributed by atoms with Gasteiger partial charge in [-0.25, -0.2) is 0 Å². The molecule has 0 radical (unpaired) electrons. The zero-order valence-corrected chi connectivity index (χ0v) is 17.0.